The first kappa shape index (κ1) is 23.1. The molecule has 0 radical (unpaired) electrons. The fourth-order valence-corrected chi connectivity index (χ4v) is 9.32. The maximum atomic E-state index is 4.50. The largest absolute Gasteiger partial charge is 0.377 e. The molecule has 0 spiro atoms. The molecule has 1 nitrogen and oxygen atoms in total. The van der Waals surface area contributed by atoms with E-state index in [1.54, 1.807) is 51.4 Å². The van der Waals surface area contributed by atoms with Gasteiger partial charge >= 0.3 is 0 Å². The van der Waals surface area contributed by atoms with E-state index in [4.69, 9.17) is 0 Å². The van der Waals surface area contributed by atoms with Crippen LogP contribution in [0.4, 0.5) is 0 Å². The second-order valence-corrected chi connectivity index (χ2v) is 13.0. The second kappa shape index (κ2) is 9.44. The molecule has 5 aliphatic rings. The maximum Gasteiger partial charge on any atom is 0.0701 e. The van der Waals surface area contributed by atoms with Crippen molar-refractivity contribution in [1.29, 1.82) is 0 Å². The Morgan fingerprint density at radius 1 is 0.767 bits per heavy atom. The lowest BCUT2D eigenvalue weighted by Crippen LogP contribution is -2.53. The molecule has 0 amide bonds. The lowest BCUT2D eigenvalue weighted by atomic mass is 9.44. The van der Waals surface area contributed by atoms with Gasteiger partial charge in [0.25, 0.3) is 0 Å². The van der Waals surface area contributed by atoms with Crippen molar-refractivity contribution < 1.29 is 4.74 Å². The summed E-state index contributed by atoms with van der Waals surface area (Å²) in [7, 11) is 0. The number of hydrogen-bond donors (Lipinski definition) is 0. The SMILES string of the molecule is C1CO1.CC(C)CCC[C@@H](C)[C@H]1CC[C@H]2[C@@H]3CCC4CCCC[C@]4(C)[C@H]3CC[C@]12C. The third-order valence-electron chi connectivity index (χ3n) is 11.0. The van der Waals surface area contributed by atoms with Gasteiger partial charge in [0.2, 0.25) is 0 Å². The van der Waals surface area contributed by atoms with Crippen LogP contribution in [-0.4, -0.2) is 13.2 Å². The molecule has 0 aromatic rings. The van der Waals surface area contributed by atoms with Gasteiger partial charge in [0, 0.05) is 0 Å². The summed E-state index contributed by atoms with van der Waals surface area (Å²) in [6.45, 7) is 14.9. The number of fused-ring (bicyclic) bond motifs is 5. The van der Waals surface area contributed by atoms with Crippen molar-refractivity contribution in [1.82, 2.24) is 0 Å². The fourth-order valence-electron chi connectivity index (χ4n) is 9.32. The van der Waals surface area contributed by atoms with Crippen LogP contribution in [0.5, 0.6) is 0 Å². The van der Waals surface area contributed by atoms with Crippen molar-refractivity contribution in [3.8, 4) is 0 Å². The van der Waals surface area contributed by atoms with Gasteiger partial charge in [-0.25, -0.2) is 0 Å². The van der Waals surface area contributed by atoms with Gasteiger partial charge in [0.15, 0.2) is 0 Å². The van der Waals surface area contributed by atoms with Crippen molar-refractivity contribution in [3.63, 3.8) is 0 Å². The summed E-state index contributed by atoms with van der Waals surface area (Å²) in [5.41, 5.74) is 1.39. The van der Waals surface area contributed by atoms with Gasteiger partial charge in [-0.3, -0.25) is 0 Å². The number of epoxide rings is 1. The molecule has 1 heteroatoms. The van der Waals surface area contributed by atoms with Crippen LogP contribution in [0.1, 0.15) is 118 Å². The molecule has 0 N–H and O–H groups in total. The van der Waals surface area contributed by atoms with Crippen LogP contribution in [0.2, 0.25) is 0 Å². The van der Waals surface area contributed by atoms with Gasteiger partial charge in [-0.2, -0.15) is 0 Å². The molecular weight excluding hydrogens is 364 g/mol. The van der Waals surface area contributed by atoms with Gasteiger partial charge in [0.1, 0.15) is 0 Å². The second-order valence-electron chi connectivity index (χ2n) is 13.0. The fraction of sp³-hybridized carbons (Fsp3) is 1.00. The van der Waals surface area contributed by atoms with Crippen molar-refractivity contribution >= 4 is 0 Å². The van der Waals surface area contributed by atoms with E-state index in [2.05, 4.69) is 39.4 Å². The third kappa shape index (κ3) is 4.53. The molecule has 4 aliphatic carbocycles. The predicted octanol–water partition coefficient (Wildman–Crippen LogP) is 8.51. The molecule has 1 unspecified atom stereocenters. The van der Waals surface area contributed by atoms with E-state index in [1.807, 2.05) is 0 Å². The molecule has 8 atom stereocenters. The van der Waals surface area contributed by atoms with E-state index in [9.17, 15) is 0 Å². The topological polar surface area (TPSA) is 12.5 Å². The van der Waals surface area contributed by atoms with E-state index in [-0.39, 0.29) is 0 Å². The Labute approximate surface area is 188 Å². The summed E-state index contributed by atoms with van der Waals surface area (Å²) >= 11 is 0. The third-order valence-corrected chi connectivity index (χ3v) is 11.0. The van der Waals surface area contributed by atoms with Gasteiger partial charge in [-0.05, 0) is 104 Å². The summed E-state index contributed by atoms with van der Waals surface area (Å²) in [6.07, 6.45) is 19.9. The predicted molar refractivity (Wildman–Crippen MR) is 129 cm³/mol. The standard InChI is InChI=1S/C27H48.C2H4O/c1-19(2)9-8-10-20(3)23-14-15-24-22-13-12-21-11-6-7-17-26(21,4)25(22)16-18-27(23,24)5;1-2-3-1/h19-25H,6-18H2,1-5H3;1-2H2/t20-,21?,22+,23-,24+,25+,26+,27-;/m1./s1. The normalized spacial score (nSPS) is 45.6. The van der Waals surface area contributed by atoms with Crippen LogP contribution in [0.15, 0.2) is 0 Å². The zero-order chi connectivity index (χ0) is 21.4. The summed E-state index contributed by atoms with van der Waals surface area (Å²) in [5, 5.41) is 0. The van der Waals surface area contributed by atoms with Crippen LogP contribution in [0.25, 0.3) is 0 Å². The molecule has 4 saturated carbocycles. The van der Waals surface area contributed by atoms with E-state index in [0.29, 0.717) is 10.8 Å². The van der Waals surface area contributed by atoms with Crippen molar-refractivity contribution in [3.05, 3.63) is 0 Å². The van der Waals surface area contributed by atoms with Gasteiger partial charge < -0.3 is 4.74 Å². The number of ether oxygens (including phenoxy) is 1. The maximum absolute atomic E-state index is 4.50. The van der Waals surface area contributed by atoms with E-state index < -0.39 is 0 Å². The van der Waals surface area contributed by atoms with Crippen LogP contribution in [-0.2, 0) is 4.74 Å². The average Bonchev–Trinajstić information content (AvgIpc) is 3.54. The van der Waals surface area contributed by atoms with Crippen molar-refractivity contribution in [2.24, 2.45) is 52.3 Å². The van der Waals surface area contributed by atoms with Crippen molar-refractivity contribution in [2.75, 3.05) is 13.2 Å². The van der Waals surface area contributed by atoms with E-state index in [1.165, 1.54) is 32.1 Å². The molecule has 1 aliphatic heterocycles. The first-order valence-electron chi connectivity index (χ1n) is 13.9. The summed E-state index contributed by atoms with van der Waals surface area (Å²) in [5.74, 6) is 7.15. The quantitative estimate of drug-likeness (QED) is 0.409. The molecule has 1 heterocycles. The Kier molecular flexibility index (Phi) is 7.28. The lowest BCUT2D eigenvalue weighted by molar-refractivity contribution is -0.114. The van der Waals surface area contributed by atoms with Crippen LogP contribution < -0.4 is 0 Å². The molecule has 30 heavy (non-hydrogen) atoms. The summed E-state index contributed by atoms with van der Waals surface area (Å²) in [4.78, 5) is 0. The molecule has 0 aromatic carbocycles. The van der Waals surface area contributed by atoms with E-state index in [0.717, 1.165) is 54.6 Å². The smallest absolute Gasteiger partial charge is 0.0701 e. The highest BCUT2D eigenvalue weighted by Gasteiger charge is 2.59. The van der Waals surface area contributed by atoms with Crippen LogP contribution in [0.3, 0.4) is 0 Å². The Balaban J connectivity index is 0.000000667. The molecule has 0 aromatic heterocycles. The van der Waals surface area contributed by atoms with Crippen LogP contribution >= 0.6 is 0 Å². The Morgan fingerprint density at radius 3 is 2.20 bits per heavy atom. The first-order valence-corrected chi connectivity index (χ1v) is 13.9. The highest BCUT2D eigenvalue weighted by Crippen LogP contribution is 2.68. The van der Waals surface area contributed by atoms with Crippen molar-refractivity contribution in [2.45, 2.75) is 118 Å². The highest BCUT2D eigenvalue weighted by atomic mass is 16.6. The van der Waals surface area contributed by atoms with Gasteiger partial charge in [-0.15, -0.1) is 0 Å². The molecule has 174 valence electrons. The van der Waals surface area contributed by atoms with Gasteiger partial charge in [-0.1, -0.05) is 66.7 Å². The Bertz CT molecular complexity index is 550. The molecule has 5 fully saturated rings. The summed E-state index contributed by atoms with van der Waals surface area (Å²) < 4.78 is 4.50. The number of hydrogen-bond acceptors (Lipinski definition) is 1. The molecule has 5 rings (SSSR count). The minimum Gasteiger partial charge on any atom is -0.377 e. The molecule has 0 bridgehead atoms. The number of rotatable bonds is 5. The monoisotopic (exact) mass is 416 g/mol. The lowest BCUT2D eigenvalue weighted by Gasteiger charge is -2.61. The Morgan fingerprint density at radius 2 is 1.50 bits per heavy atom. The summed E-state index contributed by atoms with van der Waals surface area (Å²) in [6, 6.07) is 0. The first-order chi connectivity index (χ1) is 14.4. The minimum atomic E-state index is 0.677. The van der Waals surface area contributed by atoms with E-state index >= 15 is 0 Å². The van der Waals surface area contributed by atoms with Gasteiger partial charge in [0.05, 0.1) is 13.2 Å². The average molecular weight is 417 g/mol. The zero-order valence-electron chi connectivity index (χ0n) is 21.1. The molecule has 1 saturated heterocycles. The Hall–Kier alpha value is -0.0400. The van der Waals surface area contributed by atoms with Crippen LogP contribution in [0, 0.1) is 52.3 Å². The zero-order valence-corrected chi connectivity index (χ0v) is 21.1. The minimum absolute atomic E-state index is 0.677. The molecular formula is C29H52O. The highest BCUT2D eigenvalue weighted by molar-refractivity contribution is 5.09.